The third kappa shape index (κ3) is 1.21. The van der Waals surface area contributed by atoms with E-state index >= 15 is 0 Å². The summed E-state index contributed by atoms with van der Waals surface area (Å²) in [5, 5.41) is 9.01. The van der Waals surface area contributed by atoms with Crippen molar-refractivity contribution in [2.24, 2.45) is 0 Å². The molecule has 0 bridgehead atoms. The predicted octanol–water partition coefficient (Wildman–Crippen LogP) is 1.44. The van der Waals surface area contributed by atoms with E-state index < -0.39 is 0 Å². The predicted molar refractivity (Wildman–Crippen MR) is 50.6 cm³/mol. The van der Waals surface area contributed by atoms with E-state index in [0.717, 1.165) is 17.0 Å². The summed E-state index contributed by atoms with van der Waals surface area (Å²) < 4.78 is 1.98. The van der Waals surface area contributed by atoms with Crippen molar-refractivity contribution in [3.8, 4) is 0 Å². The molecule has 0 unspecified atom stereocenters. The molecule has 0 aliphatic heterocycles. The Balaban J connectivity index is 2.76. The molecule has 2 heterocycles. The van der Waals surface area contributed by atoms with E-state index in [4.69, 9.17) is 5.11 Å². The number of aromatic nitrogens is 2. The van der Waals surface area contributed by atoms with E-state index in [0.29, 0.717) is 0 Å². The van der Waals surface area contributed by atoms with Crippen molar-refractivity contribution in [3.05, 3.63) is 35.3 Å². The highest BCUT2D eigenvalue weighted by molar-refractivity contribution is 5.45. The maximum Gasteiger partial charge on any atom is 0.137 e. The first-order valence-corrected chi connectivity index (χ1v) is 4.27. The largest absolute Gasteiger partial charge is 0.390 e. The van der Waals surface area contributed by atoms with E-state index in [1.165, 1.54) is 5.56 Å². The fourth-order valence-corrected chi connectivity index (χ4v) is 1.47. The first-order valence-electron chi connectivity index (χ1n) is 4.27. The summed E-state index contributed by atoms with van der Waals surface area (Å²) in [6.07, 6.45) is 1.98. The van der Waals surface area contributed by atoms with Crippen LogP contribution in [-0.4, -0.2) is 14.5 Å². The molecule has 0 amide bonds. The molecule has 0 saturated carbocycles. The average molecular weight is 176 g/mol. The van der Waals surface area contributed by atoms with Crippen LogP contribution < -0.4 is 0 Å². The lowest BCUT2D eigenvalue weighted by molar-refractivity contribution is 0.276. The minimum absolute atomic E-state index is 0.00651. The van der Waals surface area contributed by atoms with Crippen LogP contribution in [0, 0.1) is 13.8 Å². The second kappa shape index (κ2) is 2.85. The standard InChI is InChI=1S/C10H12N2O/c1-7-3-4-12-8(2)9(6-13)11-10(12)5-7/h3-5,13H,6H2,1-2H3. The number of rotatable bonds is 1. The van der Waals surface area contributed by atoms with Gasteiger partial charge in [-0.25, -0.2) is 4.98 Å². The third-order valence-corrected chi connectivity index (χ3v) is 2.27. The van der Waals surface area contributed by atoms with Crippen LogP contribution in [-0.2, 0) is 6.61 Å². The molecular formula is C10H12N2O. The summed E-state index contributed by atoms with van der Waals surface area (Å²) in [4.78, 5) is 4.30. The van der Waals surface area contributed by atoms with E-state index in [2.05, 4.69) is 4.98 Å². The first-order chi connectivity index (χ1) is 6.22. The Morgan fingerprint density at radius 2 is 2.23 bits per heavy atom. The number of hydrogen-bond acceptors (Lipinski definition) is 2. The summed E-state index contributed by atoms with van der Waals surface area (Å²) in [5.74, 6) is 0. The van der Waals surface area contributed by atoms with Gasteiger partial charge >= 0.3 is 0 Å². The van der Waals surface area contributed by atoms with Gasteiger partial charge in [-0.3, -0.25) is 0 Å². The van der Waals surface area contributed by atoms with Crippen molar-refractivity contribution in [3.63, 3.8) is 0 Å². The molecule has 0 aliphatic rings. The number of fused-ring (bicyclic) bond motifs is 1. The second-order valence-corrected chi connectivity index (χ2v) is 3.23. The topological polar surface area (TPSA) is 37.5 Å². The SMILES string of the molecule is Cc1ccn2c(C)c(CO)nc2c1. The quantitative estimate of drug-likeness (QED) is 0.714. The van der Waals surface area contributed by atoms with Crippen LogP contribution in [0.5, 0.6) is 0 Å². The molecule has 0 saturated heterocycles. The normalized spacial score (nSPS) is 11.0. The highest BCUT2D eigenvalue weighted by atomic mass is 16.3. The van der Waals surface area contributed by atoms with E-state index in [9.17, 15) is 0 Å². The van der Waals surface area contributed by atoms with Crippen LogP contribution in [0.15, 0.2) is 18.3 Å². The van der Waals surface area contributed by atoms with Crippen LogP contribution in [0.25, 0.3) is 5.65 Å². The lowest BCUT2D eigenvalue weighted by atomic mass is 10.3. The molecule has 0 atom stereocenters. The molecule has 1 N–H and O–H groups in total. The smallest absolute Gasteiger partial charge is 0.137 e. The molecule has 2 rings (SSSR count). The fourth-order valence-electron chi connectivity index (χ4n) is 1.47. The molecule has 3 nitrogen and oxygen atoms in total. The van der Waals surface area contributed by atoms with Gasteiger partial charge in [0.25, 0.3) is 0 Å². The van der Waals surface area contributed by atoms with Gasteiger partial charge in [-0.05, 0) is 31.5 Å². The Hall–Kier alpha value is -1.35. The van der Waals surface area contributed by atoms with E-state index in [-0.39, 0.29) is 6.61 Å². The van der Waals surface area contributed by atoms with Crippen molar-refractivity contribution in [1.82, 2.24) is 9.38 Å². The van der Waals surface area contributed by atoms with Gasteiger partial charge in [0.1, 0.15) is 5.65 Å². The van der Waals surface area contributed by atoms with Crippen molar-refractivity contribution in [1.29, 1.82) is 0 Å². The van der Waals surface area contributed by atoms with Crippen LogP contribution in [0.2, 0.25) is 0 Å². The molecule has 68 valence electrons. The van der Waals surface area contributed by atoms with Gasteiger partial charge in [0.15, 0.2) is 0 Å². The minimum Gasteiger partial charge on any atom is -0.390 e. The summed E-state index contributed by atoms with van der Waals surface area (Å²) in [6.45, 7) is 4.00. The van der Waals surface area contributed by atoms with Crippen LogP contribution in [0.4, 0.5) is 0 Å². The van der Waals surface area contributed by atoms with Crippen molar-refractivity contribution >= 4 is 5.65 Å². The number of aryl methyl sites for hydroxylation is 2. The van der Waals surface area contributed by atoms with Crippen LogP contribution in [0.1, 0.15) is 17.0 Å². The molecule has 0 aromatic carbocycles. The maximum absolute atomic E-state index is 9.01. The second-order valence-electron chi connectivity index (χ2n) is 3.23. The maximum atomic E-state index is 9.01. The van der Waals surface area contributed by atoms with Gasteiger partial charge in [-0.1, -0.05) is 0 Å². The summed E-state index contributed by atoms with van der Waals surface area (Å²) in [5.41, 5.74) is 3.85. The molecular weight excluding hydrogens is 164 g/mol. The monoisotopic (exact) mass is 176 g/mol. The number of nitrogens with zero attached hydrogens (tertiary/aromatic N) is 2. The molecule has 0 aliphatic carbocycles. The molecule has 2 aromatic heterocycles. The summed E-state index contributed by atoms with van der Waals surface area (Å²) in [7, 11) is 0. The van der Waals surface area contributed by atoms with Gasteiger partial charge in [-0.15, -0.1) is 0 Å². The lowest BCUT2D eigenvalue weighted by Crippen LogP contribution is -1.89. The number of aliphatic hydroxyl groups is 1. The van der Waals surface area contributed by atoms with E-state index in [1.54, 1.807) is 0 Å². The van der Waals surface area contributed by atoms with Crippen LogP contribution >= 0.6 is 0 Å². The molecule has 0 radical (unpaired) electrons. The number of imidazole rings is 1. The summed E-state index contributed by atoms with van der Waals surface area (Å²) >= 11 is 0. The van der Waals surface area contributed by atoms with Crippen molar-refractivity contribution < 1.29 is 5.11 Å². The highest BCUT2D eigenvalue weighted by Gasteiger charge is 2.05. The number of hydrogen-bond donors (Lipinski definition) is 1. The first kappa shape index (κ1) is 8.26. The van der Waals surface area contributed by atoms with Crippen molar-refractivity contribution in [2.75, 3.05) is 0 Å². The van der Waals surface area contributed by atoms with Gasteiger partial charge in [-0.2, -0.15) is 0 Å². The summed E-state index contributed by atoms with van der Waals surface area (Å²) in [6, 6.07) is 4.04. The molecule has 2 aromatic rings. The average Bonchev–Trinajstić information content (AvgIpc) is 2.42. The Kier molecular flexibility index (Phi) is 1.81. The minimum atomic E-state index is 0.00651. The van der Waals surface area contributed by atoms with Gasteiger partial charge in [0.2, 0.25) is 0 Å². The van der Waals surface area contributed by atoms with Crippen LogP contribution in [0.3, 0.4) is 0 Å². The zero-order chi connectivity index (χ0) is 9.42. The Bertz CT molecular complexity index is 445. The van der Waals surface area contributed by atoms with Crippen molar-refractivity contribution in [2.45, 2.75) is 20.5 Å². The Morgan fingerprint density at radius 3 is 2.92 bits per heavy atom. The highest BCUT2D eigenvalue weighted by Crippen LogP contribution is 2.12. The molecule has 3 heteroatoms. The Labute approximate surface area is 76.7 Å². The zero-order valence-corrected chi connectivity index (χ0v) is 7.78. The van der Waals surface area contributed by atoms with Gasteiger partial charge in [0, 0.05) is 11.9 Å². The lowest BCUT2D eigenvalue weighted by Gasteiger charge is -1.96. The number of pyridine rings is 1. The molecule has 13 heavy (non-hydrogen) atoms. The number of aliphatic hydroxyl groups excluding tert-OH is 1. The van der Waals surface area contributed by atoms with E-state index in [1.807, 2.05) is 36.6 Å². The fraction of sp³-hybridized carbons (Fsp3) is 0.300. The molecule has 0 fully saturated rings. The molecule has 0 spiro atoms. The van der Waals surface area contributed by atoms with Gasteiger partial charge in [0.05, 0.1) is 12.3 Å². The zero-order valence-electron chi connectivity index (χ0n) is 7.78. The van der Waals surface area contributed by atoms with Gasteiger partial charge < -0.3 is 9.51 Å². The Morgan fingerprint density at radius 1 is 1.46 bits per heavy atom. The third-order valence-electron chi connectivity index (χ3n) is 2.27.